The minimum atomic E-state index is -0.556. The molecule has 0 spiro atoms. The van der Waals surface area contributed by atoms with Gasteiger partial charge in [0.25, 0.3) is 5.56 Å². The molecule has 0 aliphatic heterocycles. The van der Waals surface area contributed by atoms with Crippen LogP contribution in [0.5, 0.6) is 0 Å². The van der Waals surface area contributed by atoms with Gasteiger partial charge in [-0.25, -0.2) is 4.39 Å². The first-order valence-corrected chi connectivity index (χ1v) is 11.9. The number of nitrogens with one attached hydrogen (secondary N) is 1. The van der Waals surface area contributed by atoms with E-state index in [-0.39, 0.29) is 17.3 Å². The van der Waals surface area contributed by atoms with Crippen LogP contribution in [0.4, 0.5) is 10.1 Å². The van der Waals surface area contributed by atoms with Gasteiger partial charge >= 0.3 is 0 Å². The third-order valence-electron chi connectivity index (χ3n) is 5.75. The number of anilines is 1. The third kappa shape index (κ3) is 4.42. The summed E-state index contributed by atoms with van der Waals surface area (Å²) in [6.07, 6.45) is 0. The zero-order valence-electron chi connectivity index (χ0n) is 19.1. The molecule has 1 unspecified atom stereocenters. The van der Waals surface area contributed by atoms with Crippen LogP contribution in [0.15, 0.2) is 82.7 Å². The van der Waals surface area contributed by atoms with Gasteiger partial charge in [0.15, 0.2) is 5.16 Å². The van der Waals surface area contributed by atoms with Crippen LogP contribution in [0.1, 0.15) is 18.1 Å². The maximum Gasteiger partial charge on any atom is 0.263 e. The van der Waals surface area contributed by atoms with Gasteiger partial charge in [-0.05, 0) is 49.2 Å². The van der Waals surface area contributed by atoms with Crippen LogP contribution in [-0.4, -0.2) is 30.3 Å². The van der Waals surface area contributed by atoms with Crippen molar-refractivity contribution < 1.29 is 9.18 Å². The van der Waals surface area contributed by atoms with Crippen molar-refractivity contribution in [1.29, 1.82) is 0 Å². The largest absolute Gasteiger partial charge is 0.325 e. The zero-order chi connectivity index (χ0) is 24.5. The van der Waals surface area contributed by atoms with E-state index in [4.69, 9.17) is 0 Å². The molecule has 5 aromatic rings. The molecule has 0 bridgehead atoms. The summed E-state index contributed by atoms with van der Waals surface area (Å²) < 4.78 is 17.3. The standard InChI is InChI=1S/C26H22FN5O2S/c1-16-12-13-19(14-21(16)27)28-23(33)17(2)35-26-30-29-25-31(15-18-8-4-3-5-9-18)24(34)20-10-6-7-11-22(20)32(25)26/h3-14,17H,15H2,1-2H3,(H,28,33). The molecule has 1 amide bonds. The lowest BCUT2D eigenvalue weighted by Gasteiger charge is -2.13. The van der Waals surface area contributed by atoms with Gasteiger partial charge < -0.3 is 5.32 Å². The molecular weight excluding hydrogens is 465 g/mol. The smallest absolute Gasteiger partial charge is 0.263 e. The molecule has 0 saturated carbocycles. The van der Waals surface area contributed by atoms with Crippen LogP contribution in [0.25, 0.3) is 16.7 Å². The Kier molecular flexibility index (Phi) is 6.08. The van der Waals surface area contributed by atoms with E-state index in [9.17, 15) is 14.0 Å². The summed E-state index contributed by atoms with van der Waals surface area (Å²) in [5.74, 6) is -0.278. The first kappa shape index (κ1) is 22.8. The van der Waals surface area contributed by atoms with Crippen molar-refractivity contribution in [3.63, 3.8) is 0 Å². The van der Waals surface area contributed by atoms with Crippen LogP contribution < -0.4 is 10.9 Å². The molecule has 7 nitrogen and oxygen atoms in total. The van der Waals surface area contributed by atoms with Crippen molar-refractivity contribution >= 4 is 40.0 Å². The van der Waals surface area contributed by atoms with Crippen molar-refractivity contribution in [2.24, 2.45) is 0 Å². The Morgan fingerprint density at radius 1 is 1.06 bits per heavy atom. The number of hydrogen-bond donors (Lipinski definition) is 1. The number of fused-ring (bicyclic) bond motifs is 3. The van der Waals surface area contributed by atoms with Gasteiger partial charge in [-0.3, -0.25) is 18.6 Å². The Morgan fingerprint density at radius 2 is 1.80 bits per heavy atom. The number of thioether (sulfide) groups is 1. The number of nitrogens with zero attached hydrogens (tertiary/aromatic N) is 4. The number of carbonyl (C=O) groups excluding carboxylic acids is 1. The van der Waals surface area contributed by atoms with Crippen molar-refractivity contribution in [2.45, 2.75) is 30.8 Å². The summed E-state index contributed by atoms with van der Waals surface area (Å²) in [6.45, 7) is 3.75. The molecule has 0 fully saturated rings. The highest BCUT2D eigenvalue weighted by molar-refractivity contribution is 8.00. The number of hydrogen-bond acceptors (Lipinski definition) is 5. The monoisotopic (exact) mass is 487 g/mol. The first-order valence-electron chi connectivity index (χ1n) is 11.1. The Balaban J connectivity index is 1.51. The van der Waals surface area contributed by atoms with Gasteiger partial charge in [-0.15, -0.1) is 10.2 Å². The normalized spacial score (nSPS) is 12.2. The number of rotatable bonds is 6. The molecule has 176 valence electrons. The Hall–Kier alpha value is -3.98. The minimum absolute atomic E-state index is 0.159. The fourth-order valence-corrected chi connectivity index (χ4v) is 4.70. The molecule has 0 radical (unpaired) electrons. The number of aromatic nitrogens is 4. The van der Waals surface area contributed by atoms with Crippen molar-refractivity contribution in [1.82, 2.24) is 19.2 Å². The fourth-order valence-electron chi connectivity index (χ4n) is 3.84. The number of carbonyl (C=O) groups is 1. The molecule has 9 heteroatoms. The fraction of sp³-hybridized carbons (Fsp3) is 0.154. The van der Waals surface area contributed by atoms with Crippen molar-refractivity contribution in [3.05, 3.63) is 100 Å². The topological polar surface area (TPSA) is 81.3 Å². The third-order valence-corrected chi connectivity index (χ3v) is 6.80. The summed E-state index contributed by atoms with van der Waals surface area (Å²) in [7, 11) is 0. The average Bonchev–Trinajstić information content (AvgIpc) is 3.28. The van der Waals surface area contributed by atoms with Gasteiger partial charge in [-0.1, -0.05) is 60.3 Å². The lowest BCUT2D eigenvalue weighted by Crippen LogP contribution is -2.24. The van der Waals surface area contributed by atoms with E-state index in [2.05, 4.69) is 15.5 Å². The second kappa shape index (κ2) is 9.34. The highest BCUT2D eigenvalue weighted by atomic mass is 32.2. The first-order chi connectivity index (χ1) is 16.9. The van der Waals surface area contributed by atoms with E-state index < -0.39 is 5.25 Å². The summed E-state index contributed by atoms with van der Waals surface area (Å²) in [6, 6.07) is 21.5. The predicted molar refractivity (Wildman–Crippen MR) is 135 cm³/mol. The molecular formula is C26H22FN5O2S. The number of aryl methyl sites for hydroxylation is 1. The minimum Gasteiger partial charge on any atom is -0.325 e. The lowest BCUT2D eigenvalue weighted by atomic mass is 10.2. The Morgan fingerprint density at radius 3 is 2.57 bits per heavy atom. The van der Waals surface area contributed by atoms with Gasteiger partial charge in [0.05, 0.1) is 22.7 Å². The maximum absolute atomic E-state index is 13.9. The van der Waals surface area contributed by atoms with Crippen LogP contribution in [0.3, 0.4) is 0 Å². The summed E-state index contributed by atoms with van der Waals surface area (Å²) in [5.41, 5.74) is 2.36. The molecule has 0 aliphatic rings. The number of benzene rings is 3. The Bertz CT molecular complexity index is 1610. The molecule has 1 N–H and O–H groups in total. The summed E-state index contributed by atoms with van der Waals surface area (Å²) in [4.78, 5) is 26.2. The van der Waals surface area contributed by atoms with Gasteiger partial charge in [-0.2, -0.15) is 0 Å². The number of amides is 1. The predicted octanol–water partition coefficient (Wildman–Crippen LogP) is 4.66. The van der Waals surface area contributed by atoms with Crippen LogP contribution in [0, 0.1) is 12.7 Å². The van der Waals surface area contributed by atoms with Crippen molar-refractivity contribution in [2.75, 3.05) is 5.32 Å². The molecule has 5 rings (SSSR count). The second-order valence-corrected chi connectivity index (χ2v) is 9.53. The molecule has 2 aromatic heterocycles. The van der Waals surface area contributed by atoms with E-state index in [0.717, 1.165) is 5.56 Å². The van der Waals surface area contributed by atoms with E-state index >= 15 is 0 Å². The highest BCUT2D eigenvalue weighted by Gasteiger charge is 2.22. The molecule has 0 saturated heterocycles. The van der Waals surface area contributed by atoms with Crippen LogP contribution >= 0.6 is 11.8 Å². The van der Waals surface area contributed by atoms with Gasteiger partial charge in [0, 0.05) is 5.69 Å². The quantitative estimate of drug-likeness (QED) is 0.353. The van der Waals surface area contributed by atoms with Crippen LogP contribution in [0.2, 0.25) is 0 Å². The molecule has 35 heavy (non-hydrogen) atoms. The van der Waals surface area contributed by atoms with Gasteiger partial charge in [0.2, 0.25) is 11.7 Å². The number of halogens is 1. The SMILES string of the molecule is Cc1ccc(NC(=O)C(C)Sc2nnc3n(Cc4ccccc4)c(=O)c4ccccc4n23)cc1F. The maximum atomic E-state index is 13.9. The lowest BCUT2D eigenvalue weighted by molar-refractivity contribution is -0.115. The van der Waals surface area contributed by atoms with E-state index in [1.54, 1.807) is 41.0 Å². The second-order valence-electron chi connectivity index (χ2n) is 8.23. The molecule has 3 aromatic carbocycles. The zero-order valence-corrected chi connectivity index (χ0v) is 19.9. The van der Waals surface area contributed by atoms with Crippen molar-refractivity contribution in [3.8, 4) is 0 Å². The van der Waals surface area contributed by atoms with E-state index in [0.29, 0.717) is 39.6 Å². The molecule has 0 aliphatic carbocycles. The molecule has 1 atom stereocenters. The van der Waals surface area contributed by atoms with Gasteiger partial charge in [0.1, 0.15) is 5.82 Å². The average molecular weight is 488 g/mol. The molecule has 2 heterocycles. The summed E-state index contributed by atoms with van der Waals surface area (Å²) in [5, 5.41) is 11.8. The van der Waals surface area contributed by atoms with Crippen LogP contribution in [-0.2, 0) is 11.3 Å². The highest BCUT2D eigenvalue weighted by Crippen LogP contribution is 2.26. The Labute approximate surface area is 204 Å². The summed E-state index contributed by atoms with van der Waals surface area (Å²) >= 11 is 1.22. The van der Waals surface area contributed by atoms with E-state index in [1.165, 1.54) is 17.8 Å². The van der Waals surface area contributed by atoms with E-state index in [1.807, 2.05) is 48.5 Å². The number of para-hydroxylation sites is 1.